The Kier molecular flexibility index (Phi) is 5.84. The molecular formula is C27H25N7O3S. The number of aryl methyl sites for hydroxylation is 1. The van der Waals surface area contributed by atoms with E-state index < -0.39 is 10.0 Å². The van der Waals surface area contributed by atoms with Crippen LogP contribution >= 0.6 is 0 Å². The SMILES string of the molecule is CC[C@@H]1C[C@@H](Oc2ccc(C#N)cn2)C[C@H]1c1nnc2cnc3c(ccn3S(=O)(=O)c3ccc(C)cc3)n12. The van der Waals surface area contributed by atoms with Crippen LogP contribution in [0.4, 0.5) is 0 Å². The van der Waals surface area contributed by atoms with Gasteiger partial charge in [-0.3, -0.25) is 4.40 Å². The largest absolute Gasteiger partial charge is 0.474 e. The average Bonchev–Trinajstić information content (AvgIpc) is 3.65. The van der Waals surface area contributed by atoms with Crippen molar-refractivity contribution >= 4 is 26.8 Å². The summed E-state index contributed by atoms with van der Waals surface area (Å²) in [6.07, 6.45) is 7.00. The fourth-order valence-corrected chi connectivity index (χ4v) is 6.63. The summed E-state index contributed by atoms with van der Waals surface area (Å²) in [5.74, 6) is 1.61. The molecule has 3 atom stereocenters. The second-order valence-electron chi connectivity index (χ2n) is 9.63. The second kappa shape index (κ2) is 9.22. The van der Waals surface area contributed by atoms with Crippen molar-refractivity contribution in [2.24, 2.45) is 5.92 Å². The number of hydrogen-bond acceptors (Lipinski definition) is 8. The molecule has 6 rings (SSSR count). The van der Waals surface area contributed by atoms with E-state index in [0.717, 1.165) is 24.2 Å². The Bertz CT molecular complexity index is 1790. The number of fused-ring (bicyclic) bond motifs is 3. The van der Waals surface area contributed by atoms with Gasteiger partial charge in [0.2, 0.25) is 5.88 Å². The van der Waals surface area contributed by atoms with Crippen LogP contribution < -0.4 is 4.74 Å². The summed E-state index contributed by atoms with van der Waals surface area (Å²) < 4.78 is 36.2. The highest BCUT2D eigenvalue weighted by molar-refractivity contribution is 7.90. The summed E-state index contributed by atoms with van der Waals surface area (Å²) in [5.41, 5.74) is 2.98. The molecule has 0 amide bonds. The van der Waals surface area contributed by atoms with Gasteiger partial charge in [0.15, 0.2) is 11.3 Å². The van der Waals surface area contributed by atoms with E-state index in [0.29, 0.717) is 40.6 Å². The van der Waals surface area contributed by atoms with Crippen LogP contribution in [0.2, 0.25) is 0 Å². The lowest BCUT2D eigenvalue weighted by Gasteiger charge is -2.16. The first-order chi connectivity index (χ1) is 18.4. The summed E-state index contributed by atoms with van der Waals surface area (Å²) in [7, 11) is -3.83. The predicted octanol–water partition coefficient (Wildman–Crippen LogP) is 4.24. The van der Waals surface area contributed by atoms with Crippen LogP contribution in [0.25, 0.3) is 16.8 Å². The maximum atomic E-state index is 13.4. The summed E-state index contributed by atoms with van der Waals surface area (Å²) in [4.78, 5) is 8.90. The number of rotatable bonds is 6. The Labute approximate surface area is 219 Å². The van der Waals surface area contributed by atoms with Crippen LogP contribution in [0.15, 0.2) is 66.0 Å². The van der Waals surface area contributed by atoms with Crippen LogP contribution in [0.1, 0.15) is 49.1 Å². The van der Waals surface area contributed by atoms with Gasteiger partial charge in [-0.15, -0.1) is 10.2 Å². The number of aromatic nitrogens is 6. The van der Waals surface area contributed by atoms with Crippen LogP contribution in [0.5, 0.6) is 5.88 Å². The first-order valence-corrected chi connectivity index (χ1v) is 13.9. The van der Waals surface area contributed by atoms with E-state index in [1.807, 2.05) is 11.3 Å². The highest BCUT2D eigenvalue weighted by Crippen LogP contribution is 2.42. The minimum atomic E-state index is -3.83. The lowest BCUT2D eigenvalue weighted by atomic mass is 9.93. The topological polar surface area (TPSA) is 128 Å². The molecule has 4 aromatic heterocycles. The molecule has 192 valence electrons. The second-order valence-corrected chi connectivity index (χ2v) is 11.4. The molecule has 5 aromatic rings. The minimum absolute atomic E-state index is 0.0565. The maximum Gasteiger partial charge on any atom is 0.269 e. The van der Waals surface area contributed by atoms with Crippen molar-refractivity contribution in [1.82, 2.24) is 28.5 Å². The van der Waals surface area contributed by atoms with E-state index in [2.05, 4.69) is 33.2 Å². The zero-order valence-electron chi connectivity index (χ0n) is 20.9. The van der Waals surface area contributed by atoms with Gasteiger partial charge in [-0.25, -0.2) is 22.4 Å². The van der Waals surface area contributed by atoms with Gasteiger partial charge in [-0.1, -0.05) is 31.0 Å². The molecule has 1 aromatic carbocycles. The van der Waals surface area contributed by atoms with Gasteiger partial charge in [-0.2, -0.15) is 5.26 Å². The fourth-order valence-electron chi connectivity index (χ4n) is 5.33. The van der Waals surface area contributed by atoms with Gasteiger partial charge in [0.25, 0.3) is 10.0 Å². The van der Waals surface area contributed by atoms with E-state index >= 15 is 0 Å². The van der Waals surface area contributed by atoms with E-state index in [4.69, 9.17) is 10.00 Å². The van der Waals surface area contributed by atoms with Crippen LogP contribution in [-0.2, 0) is 10.0 Å². The minimum Gasteiger partial charge on any atom is -0.474 e. The predicted molar refractivity (Wildman–Crippen MR) is 139 cm³/mol. The highest BCUT2D eigenvalue weighted by Gasteiger charge is 2.38. The average molecular weight is 528 g/mol. The van der Waals surface area contributed by atoms with Crippen LogP contribution in [-0.4, -0.2) is 43.1 Å². The summed E-state index contributed by atoms with van der Waals surface area (Å²) in [6.45, 7) is 4.06. The molecule has 38 heavy (non-hydrogen) atoms. The van der Waals surface area contributed by atoms with E-state index in [1.165, 1.54) is 16.4 Å². The Morgan fingerprint density at radius 3 is 2.58 bits per heavy atom. The van der Waals surface area contributed by atoms with E-state index in [-0.39, 0.29) is 16.9 Å². The molecule has 1 aliphatic rings. The first kappa shape index (κ1) is 24.1. The van der Waals surface area contributed by atoms with Crippen molar-refractivity contribution in [1.29, 1.82) is 5.26 Å². The van der Waals surface area contributed by atoms with Gasteiger partial charge < -0.3 is 4.74 Å². The van der Waals surface area contributed by atoms with Gasteiger partial charge in [0.05, 0.1) is 22.2 Å². The molecule has 10 nitrogen and oxygen atoms in total. The molecule has 1 fully saturated rings. The quantitative estimate of drug-likeness (QED) is 0.321. The Hall–Kier alpha value is -4.30. The molecule has 0 N–H and O–H groups in total. The van der Waals surface area contributed by atoms with Crippen LogP contribution in [0.3, 0.4) is 0 Å². The van der Waals surface area contributed by atoms with Gasteiger partial charge in [0.1, 0.15) is 18.0 Å². The number of nitrogens with zero attached hydrogens (tertiary/aromatic N) is 7. The number of ether oxygens (including phenoxy) is 1. The molecule has 1 saturated carbocycles. The van der Waals surface area contributed by atoms with Gasteiger partial charge >= 0.3 is 0 Å². The zero-order chi connectivity index (χ0) is 26.4. The highest BCUT2D eigenvalue weighted by atomic mass is 32.2. The summed E-state index contributed by atoms with van der Waals surface area (Å²) in [6, 6.07) is 14.0. The monoisotopic (exact) mass is 527 g/mol. The standard InChI is InChI=1S/C27H25N7O3S/c1-3-19-12-20(37-25-9-6-18(14-28)15-29-25)13-22(19)26-32-31-24-16-30-27-23(34(24)26)10-11-33(27)38(35,36)21-7-4-17(2)5-8-21/h4-11,15-16,19-20,22H,3,12-13H2,1-2H3/t19-,20-,22-/m1/s1. The van der Waals surface area contributed by atoms with Gasteiger partial charge in [-0.05, 0) is 49.9 Å². The normalized spacial score (nSPS) is 19.7. The van der Waals surface area contributed by atoms with Crippen molar-refractivity contribution in [2.45, 2.75) is 50.0 Å². The molecular weight excluding hydrogens is 502 g/mol. The zero-order valence-corrected chi connectivity index (χ0v) is 21.7. The van der Waals surface area contributed by atoms with Crippen molar-refractivity contribution in [3.8, 4) is 11.9 Å². The van der Waals surface area contributed by atoms with Crippen molar-refractivity contribution < 1.29 is 13.2 Å². The van der Waals surface area contributed by atoms with Crippen molar-refractivity contribution in [3.63, 3.8) is 0 Å². The first-order valence-electron chi connectivity index (χ1n) is 12.4. The molecule has 0 aliphatic heterocycles. The van der Waals surface area contributed by atoms with Crippen molar-refractivity contribution in [2.75, 3.05) is 0 Å². The molecule has 1 aliphatic carbocycles. The number of nitriles is 1. The lowest BCUT2D eigenvalue weighted by molar-refractivity contribution is 0.195. The van der Waals surface area contributed by atoms with Crippen LogP contribution in [0, 0.1) is 24.2 Å². The molecule has 0 unspecified atom stereocenters. The lowest BCUT2D eigenvalue weighted by Crippen LogP contribution is -2.14. The maximum absolute atomic E-state index is 13.4. The molecule has 11 heteroatoms. The summed E-state index contributed by atoms with van der Waals surface area (Å²) in [5, 5.41) is 17.9. The molecule has 0 radical (unpaired) electrons. The molecule has 0 saturated heterocycles. The molecule has 0 bridgehead atoms. The van der Waals surface area contributed by atoms with Gasteiger partial charge in [0, 0.05) is 24.4 Å². The number of benzene rings is 1. The third-order valence-electron chi connectivity index (χ3n) is 7.30. The molecule has 0 spiro atoms. The van der Waals surface area contributed by atoms with Crippen molar-refractivity contribution in [3.05, 3.63) is 78.0 Å². The number of pyridine rings is 1. The fraction of sp³-hybridized carbons (Fsp3) is 0.296. The summed E-state index contributed by atoms with van der Waals surface area (Å²) >= 11 is 0. The third-order valence-corrected chi connectivity index (χ3v) is 8.98. The van der Waals surface area contributed by atoms with E-state index in [9.17, 15) is 8.42 Å². The Balaban J connectivity index is 1.37. The third kappa shape index (κ3) is 3.97. The number of hydrogen-bond donors (Lipinski definition) is 0. The smallest absolute Gasteiger partial charge is 0.269 e. The van der Waals surface area contributed by atoms with E-state index in [1.54, 1.807) is 48.7 Å². The Morgan fingerprint density at radius 2 is 1.87 bits per heavy atom. The Morgan fingerprint density at radius 1 is 1.05 bits per heavy atom. The molecule has 4 heterocycles.